The predicted molar refractivity (Wildman–Crippen MR) is 58.4 cm³/mol. The van der Waals surface area contributed by atoms with Gasteiger partial charge in [-0.25, -0.2) is 9.67 Å². The van der Waals surface area contributed by atoms with Crippen LogP contribution in [0.5, 0.6) is 0 Å². The zero-order chi connectivity index (χ0) is 10.7. The van der Waals surface area contributed by atoms with Crippen LogP contribution in [0.15, 0.2) is 6.33 Å². The molecular formula is C10H19N5. The minimum Gasteiger partial charge on any atom is -0.314 e. The van der Waals surface area contributed by atoms with Gasteiger partial charge in [0.1, 0.15) is 12.2 Å². The van der Waals surface area contributed by atoms with Crippen molar-refractivity contribution < 1.29 is 0 Å². The molecule has 0 amide bonds. The van der Waals surface area contributed by atoms with Gasteiger partial charge in [-0.15, -0.1) is 0 Å². The van der Waals surface area contributed by atoms with Crippen molar-refractivity contribution in [2.75, 3.05) is 19.6 Å². The van der Waals surface area contributed by atoms with E-state index in [1.54, 1.807) is 6.33 Å². The minimum absolute atomic E-state index is 0.584. The number of piperazine rings is 1. The Labute approximate surface area is 90.5 Å². The fourth-order valence-corrected chi connectivity index (χ4v) is 1.97. The van der Waals surface area contributed by atoms with Gasteiger partial charge in [-0.1, -0.05) is 0 Å². The monoisotopic (exact) mass is 209 g/mol. The molecule has 0 radical (unpaired) electrons. The fourth-order valence-electron chi connectivity index (χ4n) is 1.97. The predicted octanol–water partition coefficient (Wildman–Crippen LogP) is 0.0917. The highest BCUT2D eigenvalue weighted by molar-refractivity contribution is 4.87. The van der Waals surface area contributed by atoms with Crippen LogP contribution in [0.3, 0.4) is 0 Å². The van der Waals surface area contributed by atoms with Crippen molar-refractivity contribution in [1.29, 1.82) is 0 Å². The summed E-state index contributed by atoms with van der Waals surface area (Å²) in [5.74, 6) is 1.08. The van der Waals surface area contributed by atoms with Crippen LogP contribution >= 0.6 is 0 Å². The van der Waals surface area contributed by atoms with Crippen molar-refractivity contribution in [3.8, 4) is 0 Å². The van der Waals surface area contributed by atoms with Crippen molar-refractivity contribution >= 4 is 0 Å². The molecule has 1 aromatic rings. The summed E-state index contributed by atoms with van der Waals surface area (Å²) >= 11 is 0. The molecule has 0 saturated carbocycles. The molecule has 1 atom stereocenters. The number of hydrogen-bond donors (Lipinski definition) is 1. The fraction of sp³-hybridized carbons (Fsp3) is 0.800. The van der Waals surface area contributed by atoms with Crippen LogP contribution in [0.2, 0.25) is 0 Å². The van der Waals surface area contributed by atoms with E-state index in [4.69, 9.17) is 0 Å². The lowest BCUT2D eigenvalue weighted by molar-refractivity contribution is 0.159. The Hall–Kier alpha value is -0.940. The number of aryl methyl sites for hydroxylation is 1. The number of nitrogens with one attached hydrogen (secondary N) is 1. The van der Waals surface area contributed by atoms with Crippen molar-refractivity contribution in [2.45, 2.75) is 33.0 Å². The molecular weight excluding hydrogens is 190 g/mol. The van der Waals surface area contributed by atoms with Crippen LogP contribution in [0.25, 0.3) is 0 Å². The Kier molecular flexibility index (Phi) is 3.33. The van der Waals surface area contributed by atoms with Crippen molar-refractivity contribution in [1.82, 2.24) is 25.0 Å². The van der Waals surface area contributed by atoms with Crippen LogP contribution in [0, 0.1) is 0 Å². The van der Waals surface area contributed by atoms with Crippen molar-refractivity contribution in [2.24, 2.45) is 0 Å². The van der Waals surface area contributed by atoms with E-state index < -0.39 is 0 Å². The van der Waals surface area contributed by atoms with E-state index in [0.29, 0.717) is 6.04 Å². The van der Waals surface area contributed by atoms with E-state index in [1.165, 1.54) is 0 Å². The number of aromatic nitrogens is 3. The highest BCUT2D eigenvalue weighted by Crippen LogP contribution is 2.07. The molecule has 0 unspecified atom stereocenters. The lowest BCUT2D eigenvalue weighted by Gasteiger charge is -2.33. The van der Waals surface area contributed by atoms with Gasteiger partial charge in [0.05, 0.1) is 6.54 Å². The summed E-state index contributed by atoms with van der Waals surface area (Å²) < 4.78 is 1.97. The SMILES string of the molecule is CCn1ncnc1CN1CCNC[C@@H]1C. The molecule has 5 heteroatoms. The maximum absolute atomic E-state index is 4.31. The summed E-state index contributed by atoms with van der Waals surface area (Å²) in [4.78, 5) is 6.76. The molecule has 1 aliphatic heterocycles. The van der Waals surface area contributed by atoms with Gasteiger partial charge in [0.2, 0.25) is 0 Å². The third-order valence-corrected chi connectivity index (χ3v) is 2.98. The molecule has 5 nitrogen and oxygen atoms in total. The molecule has 2 rings (SSSR count). The van der Waals surface area contributed by atoms with E-state index in [1.807, 2.05) is 4.68 Å². The van der Waals surface area contributed by atoms with E-state index in [0.717, 1.165) is 38.5 Å². The Bertz CT molecular complexity index is 309. The van der Waals surface area contributed by atoms with Gasteiger partial charge >= 0.3 is 0 Å². The molecule has 2 heterocycles. The van der Waals surface area contributed by atoms with E-state index in [2.05, 4.69) is 34.1 Å². The highest BCUT2D eigenvalue weighted by atomic mass is 15.4. The van der Waals surface area contributed by atoms with Crippen molar-refractivity contribution in [3.05, 3.63) is 12.2 Å². The van der Waals surface area contributed by atoms with Gasteiger partial charge < -0.3 is 5.32 Å². The van der Waals surface area contributed by atoms with Gasteiger partial charge in [-0.3, -0.25) is 4.90 Å². The third kappa shape index (κ3) is 2.35. The minimum atomic E-state index is 0.584. The van der Waals surface area contributed by atoms with Gasteiger partial charge in [0.25, 0.3) is 0 Å². The van der Waals surface area contributed by atoms with E-state index >= 15 is 0 Å². The second-order valence-electron chi connectivity index (χ2n) is 4.02. The van der Waals surface area contributed by atoms with Crippen LogP contribution < -0.4 is 5.32 Å². The summed E-state index contributed by atoms with van der Waals surface area (Å²) in [6, 6.07) is 0.584. The summed E-state index contributed by atoms with van der Waals surface area (Å²) in [5.41, 5.74) is 0. The zero-order valence-corrected chi connectivity index (χ0v) is 9.48. The maximum Gasteiger partial charge on any atom is 0.141 e. The van der Waals surface area contributed by atoms with Crippen LogP contribution in [-0.2, 0) is 13.1 Å². The van der Waals surface area contributed by atoms with Gasteiger partial charge in [-0.05, 0) is 13.8 Å². The second-order valence-corrected chi connectivity index (χ2v) is 4.02. The summed E-state index contributed by atoms with van der Waals surface area (Å²) in [5, 5.41) is 7.58. The molecule has 0 spiro atoms. The Morgan fingerprint density at radius 2 is 2.47 bits per heavy atom. The Morgan fingerprint density at radius 3 is 3.20 bits per heavy atom. The van der Waals surface area contributed by atoms with Gasteiger partial charge in [0.15, 0.2) is 0 Å². The molecule has 1 N–H and O–H groups in total. The van der Waals surface area contributed by atoms with Crippen LogP contribution in [0.1, 0.15) is 19.7 Å². The molecule has 1 aromatic heterocycles. The smallest absolute Gasteiger partial charge is 0.141 e. The standard InChI is InChI=1S/C10H19N5/c1-3-15-10(12-8-13-15)7-14-5-4-11-6-9(14)2/h8-9,11H,3-7H2,1-2H3/t9-/m0/s1. The quantitative estimate of drug-likeness (QED) is 0.766. The van der Waals surface area contributed by atoms with E-state index in [9.17, 15) is 0 Å². The largest absolute Gasteiger partial charge is 0.314 e. The topological polar surface area (TPSA) is 46.0 Å². The molecule has 0 bridgehead atoms. The average Bonchev–Trinajstić information content (AvgIpc) is 2.69. The van der Waals surface area contributed by atoms with Crippen LogP contribution in [0.4, 0.5) is 0 Å². The summed E-state index contributed by atoms with van der Waals surface area (Å²) in [6.07, 6.45) is 1.64. The molecule has 0 aliphatic carbocycles. The first-order valence-electron chi connectivity index (χ1n) is 5.62. The number of nitrogens with zero attached hydrogens (tertiary/aromatic N) is 4. The molecule has 0 aromatic carbocycles. The van der Waals surface area contributed by atoms with Gasteiger partial charge in [-0.2, -0.15) is 5.10 Å². The average molecular weight is 209 g/mol. The first kappa shape index (κ1) is 10.6. The first-order valence-corrected chi connectivity index (χ1v) is 5.62. The van der Waals surface area contributed by atoms with Crippen LogP contribution in [-0.4, -0.2) is 45.3 Å². The molecule has 1 fully saturated rings. The lowest BCUT2D eigenvalue weighted by atomic mass is 10.2. The summed E-state index contributed by atoms with van der Waals surface area (Å²) in [7, 11) is 0. The number of hydrogen-bond acceptors (Lipinski definition) is 4. The second kappa shape index (κ2) is 4.72. The third-order valence-electron chi connectivity index (χ3n) is 2.98. The number of rotatable bonds is 3. The highest BCUT2D eigenvalue weighted by Gasteiger charge is 2.19. The zero-order valence-electron chi connectivity index (χ0n) is 9.48. The molecule has 84 valence electrons. The molecule has 15 heavy (non-hydrogen) atoms. The summed E-state index contributed by atoms with van der Waals surface area (Å²) in [6.45, 7) is 9.40. The van der Waals surface area contributed by atoms with E-state index in [-0.39, 0.29) is 0 Å². The first-order chi connectivity index (χ1) is 7.31. The van der Waals surface area contributed by atoms with Gasteiger partial charge in [0, 0.05) is 32.2 Å². The Morgan fingerprint density at radius 1 is 1.60 bits per heavy atom. The normalized spacial score (nSPS) is 23.2. The lowest BCUT2D eigenvalue weighted by Crippen LogP contribution is -2.49. The maximum atomic E-state index is 4.31. The molecule has 1 aliphatic rings. The Balaban J connectivity index is 2.01. The van der Waals surface area contributed by atoms with Crippen molar-refractivity contribution in [3.63, 3.8) is 0 Å². The molecule has 1 saturated heterocycles.